The van der Waals surface area contributed by atoms with Crippen molar-refractivity contribution in [2.24, 2.45) is 23.3 Å². The third-order valence-electron chi connectivity index (χ3n) is 4.21. The van der Waals surface area contributed by atoms with Gasteiger partial charge >= 0.3 is 0 Å². The van der Waals surface area contributed by atoms with Crippen molar-refractivity contribution in [2.45, 2.75) is 19.9 Å². The maximum Gasteiger partial charge on any atom is 0.255 e. The molecule has 116 valence electrons. The van der Waals surface area contributed by atoms with Gasteiger partial charge in [0.05, 0.1) is 0 Å². The summed E-state index contributed by atoms with van der Waals surface area (Å²) in [7, 11) is 0. The maximum atomic E-state index is 10.7. The molecule has 1 heterocycles. The van der Waals surface area contributed by atoms with Crippen LogP contribution in [-0.2, 0) is 11.3 Å². The molecule has 0 spiro atoms. The van der Waals surface area contributed by atoms with E-state index in [1.54, 1.807) is 0 Å². The van der Waals surface area contributed by atoms with Crippen molar-refractivity contribution in [2.75, 3.05) is 26.2 Å². The van der Waals surface area contributed by atoms with Gasteiger partial charge in [-0.05, 0) is 49.0 Å². The van der Waals surface area contributed by atoms with Crippen molar-refractivity contribution in [3.8, 4) is 5.75 Å². The largest absolute Gasteiger partial charge is 0.484 e. The quantitative estimate of drug-likeness (QED) is 0.818. The van der Waals surface area contributed by atoms with E-state index in [0.29, 0.717) is 11.7 Å². The lowest BCUT2D eigenvalue weighted by molar-refractivity contribution is -0.119. The number of hydrogen-bond donors (Lipinski definition) is 2. The fourth-order valence-electron chi connectivity index (χ4n) is 2.78. The monoisotopic (exact) mass is 291 g/mol. The normalized spacial score (nSPS) is 23.0. The van der Waals surface area contributed by atoms with Gasteiger partial charge in [-0.2, -0.15) is 0 Å². The number of ether oxygens (including phenoxy) is 1. The van der Waals surface area contributed by atoms with Crippen LogP contribution in [-0.4, -0.2) is 37.0 Å². The molecule has 5 heteroatoms. The molecular weight excluding hydrogens is 266 g/mol. The molecule has 5 nitrogen and oxygen atoms in total. The van der Waals surface area contributed by atoms with Crippen LogP contribution in [0.2, 0.25) is 0 Å². The van der Waals surface area contributed by atoms with Crippen molar-refractivity contribution in [3.63, 3.8) is 0 Å². The fourth-order valence-corrected chi connectivity index (χ4v) is 2.78. The number of primary amides is 1. The molecule has 1 amide bonds. The minimum Gasteiger partial charge on any atom is -0.484 e. The van der Waals surface area contributed by atoms with Gasteiger partial charge in [-0.25, -0.2) is 0 Å². The number of carbonyl (C=O) groups excluding carboxylic acids is 1. The van der Waals surface area contributed by atoms with Gasteiger partial charge in [0.15, 0.2) is 6.61 Å². The predicted octanol–water partition coefficient (Wildman–Crippen LogP) is 0.967. The minimum absolute atomic E-state index is 0.0818. The molecule has 0 bridgehead atoms. The van der Waals surface area contributed by atoms with Crippen LogP contribution in [0.4, 0.5) is 0 Å². The van der Waals surface area contributed by atoms with Gasteiger partial charge in [0.1, 0.15) is 5.75 Å². The molecule has 2 rings (SSSR count). The minimum atomic E-state index is -0.464. The summed E-state index contributed by atoms with van der Waals surface area (Å²) in [6, 6.07) is 7.83. The van der Waals surface area contributed by atoms with Crippen LogP contribution in [0, 0.1) is 11.8 Å². The van der Waals surface area contributed by atoms with Gasteiger partial charge < -0.3 is 16.2 Å². The molecule has 2 unspecified atom stereocenters. The van der Waals surface area contributed by atoms with Crippen molar-refractivity contribution < 1.29 is 9.53 Å². The lowest BCUT2D eigenvalue weighted by Gasteiger charge is -2.36. The first-order valence-electron chi connectivity index (χ1n) is 7.51. The number of hydrogen-bond acceptors (Lipinski definition) is 4. The van der Waals surface area contributed by atoms with Crippen molar-refractivity contribution in [1.82, 2.24) is 4.90 Å². The van der Waals surface area contributed by atoms with Crippen LogP contribution in [0.3, 0.4) is 0 Å². The average Bonchev–Trinajstić information content (AvgIpc) is 2.48. The Kier molecular flexibility index (Phi) is 5.59. The van der Waals surface area contributed by atoms with E-state index < -0.39 is 5.91 Å². The SMILES string of the molecule is CC1CCN(Cc2ccc(OCC(N)=O)cc2)CC1CN. The van der Waals surface area contributed by atoms with E-state index in [9.17, 15) is 4.79 Å². The van der Waals surface area contributed by atoms with Crippen molar-refractivity contribution in [1.29, 1.82) is 0 Å². The number of amides is 1. The molecule has 0 saturated carbocycles. The molecule has 0 radical (unpaired) electrons. The standard InChI is InChI=1S/C16H25N3O2/c1-12-6-7-19(10-14(12)8-17)9-13-2-4-15(5-3-13)21-11-16(18)20/h2-5,12,14H,6-11,17H2,1H3,(H2,18,20). The van der Waals surface area contributed by atoms with Gasteiger partial charge in [-0.3, -0.25) is 9.69 Å². The fraction of sp³-hybridized carbons (Fsp3) is 0.562. The Morgan fingerprint density at radius 2 is 2.10 bits per heavy atom. The molecule has 1 aliphatic rings. The third-order valence-corrected chi connectivity index (χ3v) is 4.21. The summed E-state index contributed by atoms with van der Waals surface area (Å²) < 4.78 is 5.26. The highest BCUT2D eigenvalue weighted by Gasteiger charge is 2.24. The van der Waals surface area contributed by atoms with Gasteiger partial charge in [-0.15, -0.1) is 0 Å². The van der Waals surface area contributed by atoms with Gasteiger partial charge in [0, 0.05) is 13.1 Å². The van der Waals surface area contributed by atoms with E-state index in [4.69, 9.17) is 16.2 Å². The number of nitrogens with zero attached hydrogens (tertiary/aromatic N) is 1. The maximum absolute atomic E-state index is 10.7. The summed E-state index contributed by atoms with van der Waals surface area (Å²) in [6.45, 7) is 6.09. The van der Waals surface area contributed by atoms with Crippen LogP contribution in [0.1, 0.15) is 18.9 Å². The Labute approximate surface area is 126 Å². The van der Waals surface area contributed by atoms with E-state index in [1.807, 2.05) is 24.3 Å². The van der Waals surface area contributed by atoms with Crippen molar-refractivity contribution >= 4 is 5.91 Å². The zero-order valence-corrected chi connectivity index (χ0v) is 12.6. The molecule has 1 aromatic rings. The van der Waals surface area contributed by atoms with E-state index in [1.165, 1.54) is 12.0 Å². The Hall–Kier alpha value is -1.59. The summed E-state index contributed by atoms with van der Waals surface area (Å²) in [5.74, 6) is 1.52. The number of nitrogens with two attached hydrogens (primary N) is 2. The first-order valence-corrected chi connectivity index (χ1v) is 7.51. The number of benzene rings is 1. The number of rotatable bonds is 6. The molecule has 1 aromatic carbocycles. The zero-order valence-electron chi connectivity index (χ0n) is 12.6. The van der Waals surface area contributed by atoms with Crippen LogP contribution >= 0.6 is 0 Å². The number of piperidine rings is 1. The smallest absolute Gasteiger partial charge is 0.255 e. The highest BCUT2D eigenvalue weighted by molar-refractivity contribution is 5.75. The Bertz CT molecular complexity index is 461. The summed E-state index contributed by atoms with van der Waals surface area (Å²) in [5, 5.41) is 0. The second kappa shape index (κ2) is 7.43. The molecule has 21 heavy (non-hydrogen) atoms. The third kappa shape index (κ3) is 4.72. The van der Waals surface area contributed by atoms with Crippen molar-refractivity contribution in [3.05, 3.63) is 29.8 Å². The van der Waals surface area contributed by atoms with E-state index in [2.05, 4.69) is 11.8 Å². The number of carbonyl (C=O) groups is 1. The highest BCUT2D eigenvalue weighted by Crippen LogP contribution is 2.24. The molecule has 1 saturated heterocycles. The summed E-state index contributed by atoms with van der Waals surface area (Å²) in [6.07, 6.45) is 1.21. The molecular formula is C16H25N3O2. The Morgan fingerprint density at radius 3 is 2.71 bits per heavy atom. The van der Waals surface area contributed by atoms with E-state index in [0.717, 1.165) is 32.1 Å². The van der Waals surface area contributed by atoms with E-state index in [-0.39, 0.29) is 6.61 Å². The van der Waals surface area contributed by atoms with Crippen LogP contribution in [0.5, 0.6) is 5.75 Å². The highest BCUT2D eigenvalue weighted by atomic mass is 16.5. The topological polar surface area (TPSA) is 81.6 Å². The number of likely N-dealkylation sites (tertiary alicyclic amines) is 1. The van der Waals surface area contributed by atoms with E-state index >= 15 is 0 Å². The molecule has 0 aromatic heterocycles. The molecule has 4 N–H and O–H groups in total. The second-order valence-corrected chi connectivity index (χ2v) is 5.90. The summed E-state index contributed by atoms with van der Waals surface area (Å²) in [4.78, 5) is 13.1. The average molecular weight is 291 g/mol. The van der Waals surface area contributed by atoms with Crippen LogP contribution in [0.25, 0.3) is 0 Å². The van der Waals surface area contributed by atoms with Crippen LogP contribution in [0.15, 0.2) is 24.3 Å². The first-order chi connectivity index (χ1) is 10.1. The van der Waals surface area contributed by atoms with Gasteiger partial charge in [-0.1, -0.05) is 19.1 Å². The summed E-state index contributed by atoms with van der Waals surface area (Å²) in [5.41, 5.74) is 12.1. The Balaban J connectivity index is 1.87. The van der Waals surface area contributed by atoms with Crippen LogP contribution < -0.4 is 16.2 Å². The zero-order chi connectivity index (χ0) is 15.2. The molecule has 2 atom stereocenters. The van der Waals surface area contributed by atoms with Gasteiger partial charge in [0.2, 0.25) is 0 Å². The first kappa shape index (κ1) is 15.8. The molecule has 1 fully saturated rings. The summed E-state index contributed by atoms with van der Waals surface area (Å²) >= 11 is 0. The Morgan fingerprint density at radius 1 is 1.38 bits per heavy atom. The second-order valence-electron chi connectivity index (χ2n) is 5.90. The molecule has 1 aliphatic heterocycles. The lowest BCUT2D eigenvalue weighted by atomic mass is 9.87. The lowest BCUT2D eigenvalue weighted by Crippen LogP contribution is -2.42. The van der Waals surface area contributed by atoms with Gasteiger partial charge in [0.25, 0.3) is 5.91 Å². The molecule has 0 aliphatic carbocycles. The predicted molar refractivity (Wildman–Crippen MR) is 82.7 cm³/mol.